The third kappa shape index (κ3) is 4.50. The van der Waals surface area contributed by atoms with Crippen molar-refractivity contribution in [3.8, 4) is 0 Å². The van der Waals surface area contributed by atoms with Crippen LogP contribution >= 0.6 is 0 Å². The predicted molar refractivity (Wildman–Crippen MR) is 75.7 cm³/mol. The van der Waals surface area contributed by atoms with E-state index in [-0.39, 0.29) is 11.8 Å². The van der Waals surface area contributed by atoms with Crippen molar-refractivity contribution >= 4 is 23.3 Å². The second kappa shape index (κ2) is 6.84. The van der Waals surface area contributed by atoms with Crippen LogP contribution in [0.1, 0.15) is 37.6 Å². The van der Waals surface area contributed by atoms with Crippen molar-refractivity contribution in [2.75, 3.05) is 5.32 Å². The molecule has 1 aromatic carbocycles. The van der Waals surface area contributed by atoms with Crippen LogP contribution in [-0.4, -0.2) is 22.8 Å². The van der Waals surface area contributed by atoms with Gasteiger partial charge in [0.15, 0.2) is 5.78 Å². The molecule has 5 nitrogen and oxygen atoms in total. The van der Waals surface area contributed by atoms with E-state index in [4.69, 9.17) is 5.11 Å². The first kappa shape index (κ1) is 15.9. The van der Waals surface area contributed by atoms with Gasteiger partial charge in [0.25, 0.3) is 0 Å². The van der Waals surface area contributed by atoms with Gasteiger partial charge >= 0.3 is 5.97 Å². The summed E-state index contributed by atoms with van der Waals surface area (Å²) in [5, 5.41) is 11.7. The van der Waals surface area contributed by atoms with Gasteiger partial charge in [0, 0.05) is 18.2 Å². The van der Waals surface area contributed by atoms with Gasteiger partial charge in [0.05, 0.1) is 0 Å². The van der Waals surface area contributed by atoms with Crippen molar-refractivity contribution in [2.24, 2.45) is 11.8 Å². The first-order chi connectivity index (χ1) is 9.31. The monoisotopic (exact) mass is 277 g/mol. The molecule has 1 unspecified atom stereocenters. The smallest absolute Gasteiger partial charge is 0.314 e. The van der Waals surface area contributed by atoms with Crippen LogP contribution in [0.5, 0.6) is 0 Å². The van der Waals surface area contributed by atoms with E-state index in [1.165, 1.54) is 19.1 Å². The maximum Gasteiger partial charge on any atom is 0.314 e. The number of anilines is 1. The van der Waals surface area contributed by atoms with E-state index in [0.717, 1.165) is 0 Å². The molecule has 1 amide bonds. The van der Waals surface area contributed by atoms with Crippen molar-refractivity contribution in [1.29, 1.82) is 0 Å². The summed E-state index contributed by atoms with van der Waals surface area (Å²) in [6, 6.07) is 6.24. The first-order valence-corrected chi connectivity index (χ1v) is 6.46. The van der Waals surface area contributed by atoms with Gasteiger partial charge in [-0.05, 0) is 36.6 Å². The van der Waals surface area contributed by atoms with Gasteiger partial charge in [0.2, 0.25) is 5.91 Å². The average molecular weight is 277 g/mol. The van der Waals surface area contributed by atoms with Gasteiger partial charge in [-0.15, -0.1) is 0 Å². The van der Waals surface area contributed by atoms with Gasteiger partial charge in [-0.1, -0.05) is 13.8 Å². The van der Waals surface area contributed by atoms with Gasteiger partial charge in [-0.25, -0.2) is 0 Å². The van der Waals surface area contributed by atoms with E-state index >= 15 is 0 Å². The molecular weight excluding hydrogens is 258 g/mol. The van der Waals surface area contributed by atoms with Crippen LogP contribution in [0.2, 0.25) is 0 Å². The Balaban J connectivity index is 2.89. The number of carbonyl (C=O) groups is 3. The number of ketones is 1. The Kier molecular flexibility index (Phi) is 5.43. The molecule has 5 heteroatoms. The van der Waals surface area contributed by atoms with Crippen LogP contribution in [-0.2, 0) is 9.59 Å². The number of aliphatic carboxylic acids is 1. The molecular formula is C15H19NO4. The minimum atomic E-state index is -1.10. The molecule has 0 aliphatic heterocycles. The number of Topliss-reactive ketones (excluding diaryl/α,β-unsaturated/α-hetero) is 1. The molecule has 0 aliphatic rings. The molecule has 1 atom stereocenters. The second-order valence-corrected chi connectivity index (χ2v) is 5.14. The average Bonchev–Trinajstić information content (AvgIpc) is 2.35. The molecule has 0 fully saturated rings. The highest BCUT2D eigenvalue weighted by molar-refractivity contribution is 6.08. The van der Waals surface area contributed by atoms with E-state index in [0.29, 0.717) is 17.7 Å². The topological polar surface area (TPSA) is 83.5 Å². The van der Waals surface area contributed by atoms with E-state index in [9.17, 15) is 14.4 Å². The van der Waals surface area contributed by atoms with Gasteiger partial charge in [-0.2, -0.15) is 0 Å². The Morgan fingerprint density at radius 2 is 1.70 bits per heavy atom. The molecule has 0 bridgehead atoms. The SMILES string of the molecule is CC(=O)Nc1ccc(C(=O)C(CC(C)C)C(=O)O)cc1. The van der Waals surface area contributed by atoms with Gasteiger partial charge < -0.3 is 10.4 Å². The summed E-state index contributed by atoms with van der Waals surface area (Å²) >= 11 is 0. The predicted octanol–water partition coefficient (Wildman–Crippen LogP) is 2.57. The maximum atomic E-state index is 12.2. The lowest BCUT2D eigenvalue weighted by molar-refractivity contribution is -0.140. The summed E-state index contributed by atoms with van der Waals surface area (Å²) in [5.41, 5.74) is 0.914. The number of amides is 1. The van der Waals surface area contributed by atoms with Crippen LogP contribution in [0.15, 0.2) is 24.3 Å². The number of hydrogen-bond acceptors (Lipinski definition) is 3. The number of benzene rings is 1. The number of carbonyl (C=O) groups excluding carboxylic acids is 2. The van der Waals surface area contributed by atoms with Crippen LogP contribution in [0.3, 0.4) is 0 Å². The summed E-state index contributed by atoms with van der Waals surface area (Å²) in [5.74, 6) is -2.61. The van der Waals surface area contributed by atoms with Crippen LogP contribution in [0.4, 0.5) is 5.69 Å². The van der Waals surface area contributed by atoms with Crippen molar-refractivity contribution in [2.45, 2.75) is 27.2 Å². The molecule has 0 saturated heterocycles. The summed E-state index contributed by atoms with van der Waals surface area (Å²) in [6.07, 6.45) is 0.307. The molecule has 1 aromatic rings. The van der Waals surface area contributed by atoms with Crippen LogP contribution < -0.4 is 5.32 Å². The molecule has 1 rings (SSSR count). The fraction of sp³-hybridized carbons (Fsp3) is 0.400. The number of hydrogen-bond donors (Lipinski definition) is 2. The molecule has 0 saturated carbocycles. The minimum Gasteiger partial charge on any atom is -0.481 e. The van der Waals surface area contributed by atoms with E-state index in [2.05, 4.69) is 5.32 Å². The van der Waals surface area contributed by atoms with E-state index < -0.39 is 17.7 Å². The van der Waals surface area contributed by atoms with Gasteiger partial charge in [0.1, 0.15) is 5.92 Å². The summed E-state index contributed by atoms with van der Waals surface area (Å²) in [6.45, 7) is 5.15. The number of carboxylic acid groups (broad SMARTS) is 1. The standard InChI is InChI=1S/C15H19NO4/c1-9(2)8-13(15(19)20)14(18)11-4-6-12(7-5-11)16-10(3)17/h4-7,9,13H,8H2,1-3H3,(H,16,17)(H,19,20). The highest BCUT2D eigenvalue weighted by Crippen LogP contribution is 2.19. The van der Waals surface area contributed by atoms with E-state index in [1.807, 2.05) is 13.8 Å². The maximum absolute atomic E-state index is 12.2. The Bertz CT molecular complexity index is 505. The highest BCUT2D eigenvalue weighted by atomic mass is 16.4. The molecule has 0 radical (unpaired) electrons. The Hall–Kier alpha value is -2.17. The lowest BCUT2D eigenvalue weighted by Gasteiger charge is -2.14. The highest BCUT2D eigenvalue weighted by Gasteiger charge is 2.27. The molecule has 0 heterocycles. The lowest BCUT2D eigenvalue weighted by atomic mass is 9.90. The molecule has 20 heavy (non-hydrogen) atoms. The Morgan fingerprint density at radius 3 is 2.10 bits per heavy atom. The zero-order chi connectivity index (χ0) is 15.3. The zero-order valence-corrected chi connectivity index (χ0v) is 11.8. The lowest BCUT2D eigenvalue weighted by Crippen LogP contribution is -2.25. The Morgan fingerprint density at radius 1 is 1.15 bits per heavy atom. The third-order valence-corrected chi connectivity index (χ3v) is 2.81. The molecule has 0 spiro atoms. The first-order valence-electron chi connectivity index (χ1n) is 6.46. The van der Waals surface area contributed by atoms with Crippen molar-refractivity contribution in [1.82, 2.24) is 0 Å². The number of carboxylic acids is 1. The fourth-order valence-corrected chi connectivity index (χ4v) is 1.91. The third-order valence-electron chi connectivity index (χ3n) is 2.81. The second-order valence-electron chi connectivity index (χ2n) is 5.14. The fourth-order valence-electron chi connectivity index (χ4n) is 1.91. The summed E-state index contributed by atoms with van der Waals surface area (Å²) in [4.78, 5) is 34.3. The summed E-state index contributed by atoms with van der Waals surface area (Å²) in [7, 11) is 0. The van der Waals surface area contributed by atoms with Crippen molar-refractivity contribution in [3.63, 3.8) is 0 Å². The minimum absolute atomic E-state index is 0.124. The summed E-state index contributed by atoms with van der Waals surface area (Å²) < 4.78 is 0. The Labute approximate surface area is 118 Å². The molecule has 2 N–H and O–H groups in total. The van der Waals surface area contributed by atoms with Crippen molar-refractivity contribution < 1.29 is 19.5 Å². The molecule has 0 aromatic heterocycles. The quantitative estimate of drug-likeness (QED) is 0.618. The zero-order valence-electron chi connectivity index (χ0n) is 11.8. The van der Waals surface area contributed by atoms with E-state index in [1.54, 1.807) is 12.1 Å². The number of rotatable bonds is 6. The molecule has 108 valence electrons. The van der Waals surface area contributed by atoms with Crippen LogP contribution in [0, 0.1) is 11.8 Å². The molecule has 0 aliphatic carbocycles. The largest absolute Gasteiger partial charge is 0.481 e. The van der Waals surface area contributed by atoms with Crippen molar-refractivity contribution in [3.05, 3.63) is 29.8 Å². The van der Waals surface area contributed by atoms with Gasteiger partial charge in [-0.3, -0.25) is 14.4 Å². The number of nitrogens with one attached hydrogen (secondary N) is 1. The normalized spacial score (nSPS) is 12.0. The van der Waals surface area contributed by atoms with Crippen LogP contribution in [0.25, 0.3) is 0 Å².